The van der Waals surface area contributed by atoms with Crippen molar-refractivity contribution in [2.24, 2.45) is 0 Å². The quantitative estimate of drug-likeness (QED) is 0.526. The standard InChI is InChI=1S/C3H6O2.Ag.FH/c1-2-3(4)5;;/h2H2,1H3,(H,4,5);;1H/q;+1;/p-1. The molecular weight excluding hydrogens is 195 g/mol. The van der Waals surface area contributed by atoms with Crippen molar-refractivity contribution in [2.45, 2.75) is 13.3 Å². The van der Waals surface area contributed by atoms with E-state index in [1.54, 1.807) is 0 Å². The van der Waals surface area contributed by atoms with Gasteiger partial charge in [0.1, 0.15) is 0 Å². The summed E-state index contributed by atoms with van der Waals surface area (Å²) in [5.74, 6) is -0.995. The van der Waals surface area contributed by atoms with Crippen LogP contribution in [-0.2, 0) is 27.2 Å². The van der Waals surface area contributed by atoms with Gasteiger partial charge in [-0.2, -0.15) is 0 Å². The van der Waals surface area contributed by atoms with E-state index in [4.69, 9.17) is 0 Å². The van der Waals surface area contributed by atoms with E-state index in [2.05, 4.69) is 0 Å². The minimum Gasteiger partial charge on any atom is -0.550 e. The summed E-state index contributed by atoms with van der Waals surface area (Å²) < 4.78 is 0. The summed E-state index contributed by atoms with van der Waals surface area (Å²) in [7, 11) is 0. The minimum atomic E-state index is -0.995. The maximum Gasteiger partial charge on any atom is 1.00 e. The molecule has 7 heavy (non-hydrogen) atoms. The minimum absolute atomic E-state index is 0. The van der Waals surface area contributed by atoms with Gasteiger partial charge in [0.25, 0.3) is 0 Å². The summed E-state index contributed by atoms with van der Waals surface area (Å²) >= 11 is 0. The number of rotatable bonds is 1. The summed E-state index contributed by atoms with van der Waals surface area (Å²) in [5.41, 5.74) is 0. The Morgan fingerprint density at radius 1 is 1.71 bits per heavy atom. The summed E-state index contributed by atoms with van der Waals surface area (Å²) in [5, 5.41) is 9.26. The molecule has 0 radical (unpaired) electrons. The first-order valence-electron chi connectivity index (χ1n) is 1.47. The second-order valence-corrected chi connectivity index (χ2v) is 0.726. The zero-order valence-electron chi connectivity index (χ0n) is 3.73. The van der Waals surface area contributed by atoms with Gasteiger partial charge >= 0.3 is 22.4 Å². The van der Waals surface area contributed by atoms with Gasteiger partial charge < -0.3 is 9.90 Å². The van der Waals surface area contributed by atoms with Gasteiger partial charge in [-0.05, 0) is 6.42 Å². The van der Waals surface area contributed by atoms with Crippen LogP contribution < -0.4 is 5.11 Å². The number of hydrogen-bond donors (Lipinski definition) is 0. The van der Waals surface area contributed by atoms with Crippen LogP contribution >= 0.6 is 0 Å². The summed E-state index contributed by atoms with van der Waals surface area (Å²) in [4.78, 5) is 9.26. The monoisotopic (exact) mass is 200 g/mol. The largest absolute Gasteiger partial charge is 1.00 e. The molecule has 0 heterocycles. The van der Waals surface area contributed by atoms with Crippen molar-refractivity contribution in [1.29, 1.82) is 0 Å². The van der Waals surface area contributed by atoms with Crippen LogP contribution in [0.25, 0.3) is 0 Å². The van der Waals surface area contributed by atoms with Gasteiger partial charge in [-0.3, -0.25) is 4.70 Å². The van der Waals surface area contributed by atoms with E-state index in [-0.39, 0.29) is 33.5 Å². The maximum atomic E-state index is 9.26. The van der Waals surface area contributed by atoms with E-state index in [0.717, 1.165) is 0 Å². The van der Waals surface area contributed by atoms with E-state index in [0.29, 0.717) is 0 Å². The Bertz CT molecular complexity index is 48.2. The third-order valence-electron chi connectivity index (χ3n) is 0.289. The average Bonchev–Trinajstić information content (AvgIpc) is 1.38. The summed E-state index contributed by atoms with van der Waals surface area (Å²) in [6.07, 6.45) is 0.111. The van der Waals surface area contributed by atoms with Crippen LogP contribution in [0.4, 0.5) is 4.70 Å². The van der Waals surface area contributed by atoms with E-state index >= 15 is 0 Å². The SMILES string of the molecule is CCC(=O)[O-].F.[Ag+]. The predicted molar refractivity (Wildman–Crippen MR) is 17.8 cm³/mol. The van der Waals surface area contributed by atoms with Crippen molar-refractivity contribution in [3.05, 3.63) is 0 Å². The van der Waals surface area contributed by atoms with E-state index < -0.39 is 5.97 Å². The first-order valence-corrected chi connectivity index (χ1v) is 1.47. The predicted octanol–water partition coefficient (Wildman–Crippen LogP) is -0.704. The summed E-state index contributed by atoms with van der Waals surface area (Å²) in [6, 6.07) is 0. The van der Waals surface area contributed by atoms with Crippen molar-refractivity contribution in [3.63, 3.8) is 0 Å². The molecule has 0 aliphatic carbocycles. The van der Waals surface area contributed by atoms with E-state index in [1.807, 2.05) is 0 Å². The number of carbonyl (C=O) groups is 1. The van der Waals surface area contributed by atoms with Crippen LogP contribution in [0.5, 0.6) is 0 Å². The van der Waals surface area contributed by atoms with Gasteiger partial charge in [0, 0.05) is 5.97 Å². The average molecular weight is 201 g/mol. The maximum absolute atomic E-state index is 9.26. The number of carboxylic acids is 1. The molecule has 0 unspecified atom stereocenters. The molecule has 2 nitrogen and oxygen atoms in total. The van der Waals surface area contributed by atoms with Crippen molar-refractivity contribution in [3.8, 4) is 0 Å². The Hall–Kier alpha value is 0.140. The number of hydrogen-bond acceptors (Lipinski definition) is 2. The molecular formula is C3H6AgFO2. The first kappa shape index (κ1) is 15.7. The molecule has 48 valence electrons. The Balaban J connectivity index is -0.0000000800. The molecule has 0 aromatic carbocycles. The number of carboxylic acid groups (broad SMARTS) is 1. The molecule has 0 aromatic heterocycles. The second kappa shape index (κ2) is 9.46. The molecule has 0 N–H and O–H groups in total. The zero-order chi connectivity index (χ0) is 4.28. The zero-order valence-corrected chi connectivity index (χ0v) is 5.22. The van der Waals surface area contributed by atoms with Crippen molar-refractivity contribution in [2.75, 3.05) is 0 Å². The summed E-state index contributed by atoms with van der Waals surface area (Å²) in [6.45, 7) is 1.54. The van der Waals surface area contributed by atoms with Gasteiger partial charge in [0.15, 0.2) is 0 Å². The van der Waals surface area contributed by atoms with Crippen molar-refractivity contribution in [1.82, 2.24) is 0 Å². The third kappa shape index (κ3) is 23.0. The van der Waals surface area contributed by atoms with Gasteiger partial charge in [0.05, 0.1) is 0 Å². The Morgan fingerprint density at radius 2 is 1.86 bits per heavy atom. The van der Waals surface area contributed by atoms with Crippen molar-refractivity contribution < 1.29 is 37.0 Å². The molecule has 4 heteroatoms. The molecule has 0 amide bonds. The van der Waals surface area contributed by atoms with Crippen LogP contribution in [0.15, 0.2) is 0 Å². The fourth-order valence-corrected chi connectivity index (χ4v) is 0. The number of carbonyl (C=O) groups excluding carboxylic acids is 1. The molecule has 0 saturated carbocycles. The van der Waals surface area contributed by atoms with Crippen LogP contribution in [0.1, 0.15) is 13.3 Å². The fraction of sp³-hybridized carbons (Fsp3) is 0.667. The van der Waals surface area contributed by atoms with Crippen LogP contribution in [0.2, 0.25) is 0 Å². The van der Waals surface area contributed by atoms with Crippen molar-refractivity contribution >= 4 is 5.97 Å². The molecule has 0 saturated heterocycles. The Kier molecular flexibility index (Phi) is 21.2. The molecule has 0 aliphatic heterocycles. The number of halogens is 1. The molecule has 0 spiro atoms. The van der Waals surface area contributed by atoms with E-state index in [9.17, 15) is 9.90 Å². The van der Waals surface area contributed by atoms with Gasteiger partial charge in [-0.25, -0.2) is 0 Å². The molecule has 0 rings (SSSR count). The molecule has 0 bridgehead atoms. The molecule has 0 aliphatic rings. The molecule has 0 aromatic rings. The normalized spacial score (nSPS) is 5.29. The fourth-order valence-electron chi connectivity index (χ4n) is 0. The van der Waals surface area contributed by atoms with Gasteiger partial charge in [0.2, 0.25) is 0 Å². The van der Waals surface area contributed by atoms with Gasteiger partial charge in [-0.15, -0.1) is 0 Å². The third-order valence-corrected chi connectivity index (χ3v) is 0.289. The van der Waals surface area contributed by atoms with Crippen LogP contribution in [0.3, 0.4) is 0 Å². The van der Waals surface area contributed by atoms with Gasteiger partial charge in [-0.1, -0.05) is 6.92 Å². The number of aliphatic carboxylic acids is 1. The molecule has 0 fully saturated rings. The smallest absolute Gasteiger partial charge is 0.550 e. The Labute approximate surface area is 56.8 Å². The van der Waals surface area contributed by atoms with Crippen LogP contribution in [-0.4, -0.2) is 5.97 Å². The topological polar surface area (TPSA) is 40.1 Å². The Morgan fingerprint density at radius 3 is 1.86 bits per heavy atom. The first-order chi connectivity index (χ1) is 2.27. The second-order valence-electron chi connectivity index (χ2n) is 0.726. The molecule has 0 atom stereocenters. The van der Waals surface area contributed by atoms with Crippen LogP contribution in [0, 0.1) is 0 Å². The van der Waals surface area contributed by atoms with E-state index in [1.165, 1.54) is 6.92 Å².